The van der Waals surface area contributed by atoms with Gasteiger partial charge in [0, 0.05) is 17.6 Å². The molecule has 0 fully saturated rings. The van der Waals surface area contributed by atoms with Crippen LogP contribution in [0.2, 0.25) is 0 Å². The molecular formula is C15H16N4O. The van der Waals surface area contributed by atoms with Gasteiger partial charge in [-0.05, 0) is 12.1 Å². The van der Waals surface area contributed by atoms with Crippen LogP contribution in [0.4, 0.5) is 0 Å². The van der Waals surface area contributed by atoms with Crippen LogP contribution in [0, 0.1) is 0 Å². The molecule has 2 heterocycles. The second-order valence-electron chi connectivity index (χ2n) is 4.93. The van der Waals surface area contributed by atoms with Gasteiger partial charge in [0.1, 0.15) is 0 Å². The van der Waals surface area contributed by atoms with Gasteiger partial charge in [-0.1, -0.05) is 37.2 Å². The Kier molecular flexibility index (Phi) is 3.43. The third-order valence-corrected chi connectivity index (χ3v) is 3.02. The van der Waals surface area contributed by atoms with Gasteiger partial charge in [-0.15, -0.1) is 0 Å². The summed E-state index contributed by atoms with van der Waals surface area (Å²) in [4.78, 5) is 8.77. The number of aromatic nitrogens is 3. The first-order valence-corrected chi connectivity index (χ1v) is 6.64. The lowest BCUT2D eigenvalue weighted by Crippen LogP contribution is -2.22. The summed E-state index contributed by atoms with van der Waals surface area (Å²) >= 11 is 0. The lowest BCUT2D eigenvalue weighted by molar-refractivity contribution is 0.417. The second kappa shape index (κ2) is 5.38. The van der Waals surface area contributed by atoms with E-state index in [0.29, 0.717) is 24.3 Å². The van der Waals surface area contributed by atoms with Crippen molar-refractivity contribution in [3.05, 3.63) is 42.4 Å². The zero-order valence-electron chi connectivity index (χ0n) is 11.5. The van der Waals surface area contributed by atoms with Crippen molar-refractivity contribution >= 4 is 10.9 Å². The molecule has 1 N–H and O–H groups in total. The Labute approximate surface area is 117 Å². The van der Waals surface area contributed by atoms with Crippen LogP contribution in [0.15, 0.2) is 41.1 Å². The average molecular weight is 268 g/mol. The van der Waals surface area contributed by atoms with Crippen LogP contribution in [0.5, 0.6) is 0 Å². The van der Waals surface area contributed by atoms with Crippen LogP contribution in [0.1, 0.15) is 19.7 Å². The molecule has 0 aliphatic carbocycles. The fourth-order valence-corrected chi connectivity index (χ4v) is 2.01. The van der Waals surface area contributed by atoms with Crippen LogP contribution in [0.3, 0.4) is 0 Å². The van der Waals surface area contributed by atoms with Crippen molar-refractivity contribution in [3.8, 4) is 11.5 Å². The third kappa shape index (κ3) is 2.53. The molecule has 20 heavy (non-hydrogen) atoms. The monoisotopic (exact) mass is 268 g/mol. The first-order chi connectivity index (χ1) is 9.74. The first kappa shape index (κ1) is 12.7. The number of pyridine rings is 1. The summed E-state index contributed by atoms with van der Waals surface area (Å²) in [6.45, 7) is 4.76. The quantitative estimate of drug-likeness (QED) is 0.788. The van der Waals surface area contributed by atoms with Gasteiger partial charge >= 0.3 is 0 Å². The lowest BCUT2D eigenvalue weighted by Gasteiger charge is -2.03. The van der Waals surface area contributed by atoms with Crippen molar-refractivity contribution in [1.82, 2.24) is 20.4 Å². The minimum absolute atomic E-state index is 0.388. The fourth-order valence-electron chi connectivity index (χ4n) is 2.01. The van der Waals surface area contributed by atoms with Crippen molar-refractivity contribution < 1.29 is 4.52 Å². The molecule has 0 aliphatic heterocycles. The molecule has 2 aromatic heterocycles. The van der Waals surface area contributed by atoms with E-state index in [9.17, 15) is 0 Å². The smallest absolute Gasteiger partial charge is 0.258 e. The van der Waals surface area contributed by atoms with Gasteiger partial charge in [0.2, 0.25) is 0 Å². The zero-order valence-corrected chi connectivity index (χ0v) is 11.5. The van der Waals surface area contributed by atoms with E-state index in [-0.39, 0.29) is 0 Å². The van der Waals surface area contributed by atoms with Crippen LogP contribution in [-0.2, 0) is 6.54 Å². The minimum Gasteiger partial charge on any atom is -0.334 e. The molecule has 0 radical (unpaired) electrons. The number of benzene rings is 1. The van der Waals surface area contributed by atoms with Gasteiger partial charge in [0.05, 0.1) is 17.6 Å². The minimum atomic E-state index is 0.388. The van der Waals surface area contributed by atoms with Gasteiger partial charge in [-0.25, -0.2) is 0 Å². The standard InChI is InChI=1S/C15H16N4O/c1-10(2)17-9-14-18-15(20-19-14)12-7-8-16-13-6-4-3-5-11(12)13/h3-8,10,17H,9H2,1-2H3. The average Bonchev–Trinajstić information content (AvgIpc) is 2.93. The van der Waals surface area contributed by atoms with Crippen molar-refractivity contribution in [2.24, 2.45) is 0 Å². The highest BCUT2D eigenvalue weighted by atomic mass is 16.5. The van der Waals surface area contributed by atoms with Gasteiger partial charge in [-0.2, -0.15) is 4.98 Å². The van der Waals surface area contributed by atoms with Crippen LogP contribution < -0.4 is 5.32 Å². The predicted octanol–water partition coefficient (Wildman–Crippen LogP) is 2.78. The maximum absolute atomic E-state index is 5.36. The fraction of sp³-hybridized carbons (Fsp3) is 0.267. The Morgan fingerprint density at radius 1 is 1.20 bits per heavy atom. The Balaban J connectivity index is 1.95. The number of rotatable bonds is 4. The number of fused-ring (bicyclic) bond motifs is 1. The molecule has 0 amide bonds. The van der Waals surface area contributed by atoms with Gasteiger partial charge in [0.15, 0.2) is 5.82 Å². The van der Waals surface area contributed by atoms with Gasteiger partial charge in [0.25, 0.3) is 5.89 Å². The second-order valence-corrected chi connectivity index (χ2v) is 4.93. The molecule has 0 unspecified atom stereocenters. The zero-order chi connectivity index (χ0) is 13.9. The molecular weight excluding hydrogens is 252 g/mol. The maximum Gasteiger partial charge on any atom is 0.258 e. The number of hydrogen-bond donors (Lipinski definition) is 1. The molecule has 0 bridgehead atoms. The van der Waals surface area contributed by atoms with E-state index >= 15 is 0 Å². The number of nitrogens with zero attached hydrogens (tertiary/aromatic N) is 3. The lowest BCUT2D eigenvalue weighted by atomic mass is 10.1. The molecule has 0 atom stereocenters. The number of nitrogens with one attached hydrogen (secondary N) is 1. The molecule has 0 saturated carbocycles. The summed E-state index contributed by atoms with van der Waals surface area (Å²) in [5, 5.41) is 8.28. The van der Waals surface area contributed by atoms with Crippen molar-refractivity contribution in [2.75, 3.05) is 0 Å². The summed E-state index contributed by atoms with van der Waals surface area (Å²) in [5.41, 5.74) is 1.84. The summed E-state index contributed by atoms with van der Waals surface area (Å²) in [6, 6.07) is 10.2. The van der Waals surface area contributed by atoms with Crippen LogP contribution >= 0.6 is 0 Å². The van der Waals surface area contributed by atoms with E-state index in [1.54, 1.807) is 6.20 Å². The summed E-state index contributed by atoms with van der Waals surface area (Å²) in [7, 11) is 0. The number of hydrogen-bond acceptors (Lipinski definition) is 5. The highest BCUT2D eigenvalue weighted by molar-refractivity contribution is 5.91. The molecule has 5 nitrogen and oxygen atoms in total. The van der Waals surface area contributed by atoms with Crippen molar-refractivity contribution in [1.29, 1.82) is 0 Å². The molecule has 102 valence electrons. The SMILES string of the molecule is CC(C)NCc1noc(-c2ccnc3ccccc23)n1. The summed E-state index contributed by atoms with van der Waals surface area (Å²) in [5.74, 6) is 1.19. The molecule has 0 spiro atoms. The Bertz CT molecular complexity index is 715. The van der Waals surface area contributed by atoms with E-state index in [0.717, 1.165) is 16.5 Å². The largest absolute Gasteiger partial charge is 0.334 e. The number of para-hydroxylation sites is 1. The van der Waals surface area contributed by atoms with E-state index in [1.807, 2.05) is 30.3 Å². The van der Waals surface area contributed by atoms with E-state index in [4.69, 9.17) is 4.52 Å². The Hall–Kier alpha value is -2.27. The topological polar surface area (TPSA) is 63.8 Å². The third-order valence-electron chi connectivity index (χ3n) is 3.02. The van der Waals surface area contributed by atoms with E-state index in [1.165, 1.54) is 0 Å². The summed E-state index contributed by atoms with van der Waals surface area (Å²) in [6.07, 6.45) is 1.76. The van der Waals surface area contributed by atoms with Gasteiger partial charge in [-0.3, -0.25) is 4.98 Å². The Morgan fingerprint density at radius 3 is 2.90 bits per heavy atom. The summed E-state index contributed by atoms with van der Waals surface area (Å²) < 4.78 is 5.36. The predicted molar refractivity (Wildman–Crippen MR) is 77.0 cm³/mol. The molecule has 3 aromatic rings. The first-order valence-electron chi connectivity index (χ1n) is 6.64. The van der Waals surface area contributed by atoms with Crippen molar-refractivity contribution in [2.45, 2.75) is 26.4 Å². The highest BCUT2D eigenvalue weighted by Crippen LogP contribution is 2.25. The van der Waals surface area contributed by atoms with E-state index < -0.39 is 0 Å². The van der Waals surface area contributed by atoms with Crippen LogP contribution in [-0.4, -0.2) is 21.2 Å². The Morgan fingerprint density at radius 2 is 2.05 bits per heavy atom. The molecule has 0 aliphatic rings. The van der Waals surface area contributed by atoms with Crippen LogP contribution in [0.25, 0.3) is 22.4 Å². The molecule has 1 aromatic carbocycles. The normalized spacial score (nSPS) is 11.3. The van der Waals surface area contributed by atoms with E-state index in [2.05, 4.69) is 34.3 Å². The molecule has 3 rings (SSSR count). The highest BCUT2D eigenvalue weighted by Gasteiger charge is 2.12. The molecule has 0 saturated heterocycles. The van der Waals surface area contributed by atoms with Crippen molar-refractivity contribution in [3.63, 3.8) is 0 Å². The maximum atomic E-state index is 5.36. The van der Waals surface area contributed by atoms with Gasteiger partial charge < -0.3 is 9.84 Å². The molecule has 5 heteroatoms.